The predicted octanol–water partition coefficient (Wildman–Crippen LogP) is 2.33. The first-order valence-electron chi connectivity index (χ1n) is 8.34. The average molecular weight is 353 g/mol. The number of nitrogens with zero attached hydrogens (tertiary/aromatic N) is 6. The van der Waals surface area contributed by atoms with Crippen LogP contribution < -0.4 is 5.49 Å². The molecule has 8 heteroatoms. The largest absolute Gasteiger partial charge is 0.330 e. The van der Waals surface area contributed by atoms with Crippen LogP contribution in [0.4, 0.5) is 4.39 Å². The minimum absolute atomic E-state index is 0.217. The molecule has 0 bridgehead atoms. The minimum atomic E-state index is -0.410. The summed E-state index contributed by atoms with van der Waals surface area (Å²) in [6.45, 7) is 2.54. The topological polar surface area (TPSA) is 84.7 Å². The van der Waals surface area contributed by atoms with Gasteiger partial charge in [0.25, 0.3) is 0 Å². The summed E-state index contributed by atoms with van der Waals surface area (Å²) in [7, 11) is 1.91. The van der Waals surface area contributed by atoms with Crippen molar-refractivity contribution < 1.29 is 4.39 Å². The molecule has 0 aliphatic rings. The molecule has 0 aliphatic carbocycles. The van der Waals surface area contributed by atoms with E-state index in [0.717, 1.165) is 30.6 Å². The molecule has 1 N–H and O–H groups in total. The van der Waals surface area contributed by atoms with Crippen LogP contribution in [0.25, 0.3) is 11.5 Å². The first kappa shape index (κ1) is 17.7. The molecule has 7 nitrogen and oxygen atoms in total. The van der Waals surface area contributed by atoms with Crippen LogP contribution in [0.5, 0.6) is 0 Å². The van der Waals surface area contributed by atoms with Gasteiger partial charge < -0.3 is 9.13 Å². The number of pyridine rings is 1. The molecular formula is C18H20FN7. The Labute approximate surface area is 150 Å². The van der Waals surface area contributed by atoms with Crippen molar-refractivity contribution in [1.82, 2.24) is 24.1 Å². The molecule has 0 atom stereocenters. The number of halogens is 1. The zero-order valence-electron chi connectivity index (χ0n) is 14.7. The van der Waals surface area contributed by atoms with E-state index in [1.165, 1.54) is 6.07 Å². The second kappa shape index (κ2) is 7.81. The van der Waals surface area contributed by atoms with Gasteiger partial charge in [-0.3, -0.25) is 10.4 Å². The van der Waals surface area contributed by atoms with E-state index in [4.69, 9.17) is 5.41 Å². The summed E-state index contributed by atoms with van der Waals surface area (Å²) in [6, 6.07) is 2.92. The van der Waals surface area contributed by atoms with Gasteiger partial charge in [-0.2, -0.15) is 0 Å². The first-order valence-corrected chi connectivity index (χ1v) is 8.34. The van der Waals surface area contributed by atoms with Crippen molar-refractivity contribution in [3.8, 4) is 11.5 Å². The molecule has 0 radical (unpaired) electrons. The smallest absolute Gasteiger partial charge is 0.162 e. The van der Waals surface area contributed by atoms with Gasteiger partial charge in [0.1, 0.15) is 12.0 Å². The number of rotatable bonds is 6. The average Bonchev–Trinajstić information content (AvgIpc) is 3.09. The minimum Gasteiger partial charge on any atom is -0.330 e. The highest BCUT2D eigenvalue weighted by Gasteiger charge is 2.15. The van der Waals surface area contributed by atoms with Crippen molar-refractivity contribution in [2.75, 3.05) is 0 Å². The van der Waals surface area contributed by atoms with Crippen molar-refractivity contribution in [2.45, 2.75) is 26.3 Å². The van der Waals surface area contributed by atoms with Crippen LogP contribution in [0, 0.1) is 11.2 Å². The molecule has 26 heavy (non-hydrogen) atoms. The molecule has 0 aliphatic heterocycles. The van der Waals surface area contributed by atoms with E-state index in [2.05, 4.69) is 26.9 Å². The fourth-order valence-corrected chi connectivity index (χ4v) is 2.86. The molecular weight excluding hydrogens is 333 g/mol. The van der Waals surface area contributed by atoms with E-state index >= 15 is 0 Å². The lowest BCUT2D eigenvalue weighted by Crippen LogP contribution is -2.25. The predicted molar refractivity (Wildman–Crippen MR) is 96.1 cm³/mol. The van der Waals surface area contributed by atoms with E-state index < -0.39 is 5.82 Å². The number of aromatic nitrogens is 5. The van der Waals surface area contributed by atoms with Gasteiger partial charge in [0.2, 0.25) is 0 Å². The molecule has 0 saturated carbocycles. The van der Waals surface area contributed by atoms with Crippen LogP contribution in [0.1, 0.15) is 24.7 Å². The third kappa shape index (κ3) is 3.44. The van der Waals surface area contributed by atoms with Gasteiger partial charge >= 0.3 is 0 Å². The van der Waals surface area contributed by atoms with E-state index in [1.54, 1.807) is 30.9 Å². The summed E-state index contributed by atoms with van der Waals surface area (Å²) in [5.41, 5.74) is 2.72. The number of nitrogens with one attached hydrogen (secondary N) is 1. The lowest BCUT2D eigenvalue weighted by Gasteiger charge is -2.15. The van der Waals surface area contributed by atoms with Gasteiger partial charge in [-0.05, 0) is 18.6 Å². The highest BCUT2D eigenvalue weighted by molar-refractivity contribution is 5.51. The third-order valence-corrected chi connectivity index (χ3v) is 4.11. The first-order chi connectivity index (χ1) is 12.7. The quantitative estimate of drug-likeness (QED) is 0.545. The Morgan fingerprint density at radius 2 is 2.12 bits per heavy atom. The monoisotopic (exact) mass is 353 g/mol. The van der Waals surface area contributed by atoms with Gasteiger partial charge in [-0.15, -0.1) is 0 Å². The standard InChI is InChI=1S/C18H20FN7/c1-3-5-15-14(23-10-16(24-12-20)25(15)2)11-26-9-8-22-18(26)17-13(19)6-4-7-21-17/h4,6-10,12,20H,3,5,11H2,1-2H3. The van der Waals surface area contributed by atoms with Crippen LogP contribution in [0.3, 0.4) is 0 Å². The summed E-state index contributed by atoms with van der Waals surface area (Å²) >= 11 is 0. The maximum atomic E-state index is 14.1. The van der Waals surface area contributed by atoms with Gasteiger partial charge in [0.05, 0.1) is 18.4 Å². The Kier molecular flexibility index (Phi) is 5.31. The Morgan fingerprint density at radius 1 is 1.27 bits per heavy atom. The molecule has 0 fully saturated rings. The molecule has 3 heterocycles. The number of imidazole rings is 1. The molecule has 0 amide bonds. The van der Waals surface area contributed by atoms with Crippen molar-refractivity contribution in [3.05, 3.63) is 59.6 Å². The zero-order chi connectivity index (χ0) is 18.5. The molecule has 3 aromatic rings. The van der Waals surface area contributed by atoms with Crippen LogP contribution in [0.15, 0.2) is 41.9 Å². The zero-order valence-corrected chi connectivity index (χ0v) is 14.7. The van der Waals surface area contributed by atoms with E-state index in [-0.39, 0.29) is 5.69 Å². The summed E-state index contributed by atoms with van der Waals surface area (Å²) in [5.74, 6) is 0.0515. The third-order valence-electron chi connectivity index (χ3n) is 4.11. The van der Waals surface area contributed by atoms with Crippen molar-refractivity contribution in [1.29, 1.82) is 5.41 Å². The second-order valence-electron chi connectivity index (χ2n) is 5.79. The molecule has 3 aromatic heterocycles. The van der Waals surface area contributed by atoms with Crippen molar-refractivity contribution in [2.24, 2.45) is 12.0 Å². The molecule has 134 valence electrons. The van der Waals surface area contributed by atoms with Crippen LogP contribution in [-0.4, -0.2) is 30.4 Å². The van der Waals surface area contributed by atoms with E-state index in [1.807, 2.05) is 16.2 Å². The summed E-state index contributed by atoms with van der Waals surface area (Å²) in [5, 5.41) is 7.18. The van der Waals surface area contributed by atoms with Gasteiger partial charge in [-0.1, -0.05) is 13.3 Å². The lowest BCUT2D eigenvalue weighted by atomic mass is 10.2. The maximum Gasteiger partial charge on any atom is 0.162 e. The normalized spacial score (nSPS) is 11.7. The lowest BCUT2D eigenvalue weighted by molar-refractivity contribution is 0.620. The van der Waals surface area contributed by atoms with Gasteiger partial charge in [0, 0.05) is 31.3 Å². The highest BCUT2D eigenvalue weighted by atomic mass is 19.1. The Morgan fingerprint density at radius 3 is 2.85 bits per heavy atom. The molecule has 0 saturated heterocycles. The maximum absolute atomic E-state index is 14.1. The Balaban J connectivity index is 2.05. The Bertz CT molecular complexity index is 987. The molecule has 0 spiro atoms. The summed E-state index contributed by atoms with van der Waals surface area (Å²) in [4.78, 5) is 16.9. The fourth-order valence-electron chi connectivity index (χ4n) is 2.86. The molecule has 3 rings (SSSR count). The van der Waals surface area contributed by atoms with Crippen LogP contribution >= 0.6 is 0 Å². The van der Waals surface area contributed by atoms with E-state index in [0.29, 0.717) is 17.9 Å². The summed E-state index contributed by atoms with van der Waals surface area (Å²) < 4.78 is 17.9. The SMILES string of the molecule is CCCc1c(Cn2ccnc2-c2ncccc2F)ncc(=NC=N)n1C. The van der Waals surface area contributed by atoms with Crippen molar-refractivity contribution >= 4 is 6.34 Å². The Hall–Kier alpha value is -3.16. The molecule has 0 aromatic carbocycles. The van der Waals surface area contributed by atoms with E-state index in [9.17, 15) is 4.39 Å². The summed E-state index contributed by atoms with van der Waals surface area (Å²) in [6.07, 6.45) is 9.37. The fraction of sp³-hybridized carbons (Fsp3) is 0.278. The van der Waals surface area contributed by atoms with Crippen molar-refractivity contribution in [3.63, 3.8) is 0 Å². The molecule has 0 unspecified atom stereocenters. The second-order valence-corrected chi connectivity index (χ2v) is 5.79. The van der Waals surface area contributed by atoms with Gasteiger partial charge in [0.15, 0.2) is 17.1 Å². The van der Waals surface area contributed by atoms with Gasteiger partial charge in [-0.25, -0.2) is 19.4 Å². The number of hydrogen-bond acceptors (Lipinski definition) is 4. The van der Waals surface area contributed by atoms with Crippen LogP contribution in [0.2, 0.25) is 0 Å². The van der Waals surface area contributed by atoms with Crippen LogP contribution in [-0.2, 0) is 20.0 Å². The highest BCUT2D eigenvalue weighted by Crippen LogP contribution is 2.19. The number of hydrogen-bond donors (Lipinski definition) is 1.